The maximum atomic E-state index is 12.1. The minimum absolute atomic E-state index is 0.0195. The number of halogens is 3. The number of nitrogens with one attached hydrogen (secondary N) is 1. The Morgan fingerprint density at radius 1 is 1.44 bits per heavy atom. The van der Waals surface area contributed by atoms with Crippen molar-refractivity contribution in [1.29, 1.82) is 0 Å². The summed E-state index contributed by atoms with van der Waals surface area (Å²) in [6.45, 7) is 5.00. The number of alkyl halides is 1. The molecule has 0 saturated carbocycles. The van der Waals surface area contributed by atoms with Crippen molar-refractivity contribution in [2.75, 3.05) is 6.54 Å². The zero-order valence-electron chi connectivity index (χ0n) is 10.3. The first-order chi connectivity index (χ1) is 8.40. The van der Waals surface area contributed by atoms with Gasteiger partial charge in [0.1, 0.15) is 0 Å². The van der Waals surface area contributed by atoms with Gasteiger partial charge in [-0.1, -0.05) is 45.7 Å². The third-order valence-corrected chi connectivity index (χ3v) is 4.52. The highest BCUT2D eigenvalue weighted by Gasteiger charge is 2.13. The second-order valence-electron chi connectivity index (χ2n) is 4.56. The Hall–Kier alpha value is 0.380. The van der Waals surface area contributed by atoms with Gasteiger partial charge in [0.15, 0.2) is 0 Å². The number of amides is 1. The second kappa shape index (κ2) is 7.85. The van der Waals surface area contributed by atoms with Crippen molar-refractivity contribution in [1.82, 2.24) is 5.32 Å². The van der Waals surface area contributed by atoms with E-state index in [1.54, 1.807) is 0 Å². The van der Waals surface area contributed by atoms with Gasteiger partial charge in [0.05, 0.1) is 5.56 Å². The van der Waals surface area contributed by atoms with Gasteiger partial charge < -0.3 is 5.32 Å². The number of rotatable bonds is 5. The summed E-state index contributed by atoms with van der Waals surface area (Å²) in [5, 5.41) is 2.96. The van der Waals surface area contributed by atoms with Crippen LogP contribution in [0.5, 0.6) is 0 Å². The Morgan fingerprint density at radius 3 is 2.72 bits per heavy atom. The summed E-state index contributed by atoms with van der Waals surface area (Å²) in [5.41, 5.74) is 0.717. The van der Waals surface area contributed by atoms with Crippen LogP contribution in [-0.2, 0) is 0 Å². The summed E-state index contributed by atoms with van der Waals surface area (Å²) in [7, 11) is 0. The standard InChI is InChI=1S/C13H16Br2INO/c1-8(2)5-10(15)7-17-13(18)11-6-9(14)3-4-12(11)16/h3-4,6,8,10H,5,7H2,1-2H3,(H,17,18). The van der Waals surface area contributed by atoms with E-state index in [4.69, 9.17) is 0 Å². The van der Waals surface area contributed by atoms with E-state index >= 15 is 0 Å². The highest BCUT2D eigenvalue weighted by Crippen LogP contribution is 2.18. The smallest absolute Gasteiger partial charge is 0.252 e. The lowest BCUT2D eigenvalue weighted by Gasteiger charge is -2.13. The summed E-state index contributed by atoms with van der Waals surface area (Å²) in [5.74, 6) is 0.603. The maximum Gasteiger partial charge on any atom is 0.252 e. The molecule has 0 saturated heterocycles. The molecule has 100 valence electrons. The van der Waals surface area contributed by atoms with Gasteiger partial charge >= 0.3 is 0 Å². The summed E-state index contributed by atoms with van der Waals surface area (Å²) in [6, 6.07) is 5.71. The minimum Gasteiger partial charge on any atom is -0.351 e. The molecule has 1 amide bonds. The van der Waals surface area contributed by atoms with E-state index in [1.165, 1.54) is 0 Å². The molecule has 1 atom stereocenters. The third-order valence-electron chi connectivity index (χ3n) is 2.38. The van der Waals surface area contributed by atoms with Crippen LogP contribution in [0.2, 0.25) is 0 Å². The fraction of sp³-hybridized carbons (Fsp3) is 0.462. The molecule has 0 aliphatic rings. The third kappa shape index (κ3) is 5.57. The molecule has 0 aliphatic heterocycles. The SMILES string of the molecule is CC(C)CC(Br)CNC(=O)c1cc(Br)ccc1I. The van der Waals surface area contributed by atoms with E-state index in [1.807, 2.05) is 18.2 Å². The highest BCUT2D eigenvalue weighted by molar-refractivity contribution is 14.1. The van der Waals surface area contributed by atoms with E-state index in [-0.39, 0.29) is 5.91 Å². The number of hydrogen-bond acceptors (Lipinski definition) is 1. The molecule has 0 heterocycles. The van der Waals surface area contributed by atoms with Crippen molar-refractivity contribution in [3.63, 3.8) is 0 Å². The van der Waals surface area contributed by atoms with Crippen LogP contribution >= 0.6 is 54.5 Å². The van der Waals surface area contributed by atoms with Crippen molar-refractivity contribution in [3.8, 4) is 0 Å². The molecular weight excluding hydrogens is 473 g/mol. The lowest BCUT2D eigenvalue weighted by Crippen LogP contribution is -2.30. The number of benzene rings is 1. The van der Waals surface area contributed by atoms with Gasteiger partial charge in [-0.05, 0) is 53.1 Å². The van der Waals surface area contributed by atoms with Crippen LogP contribution in [0.1, 0.15) is 30.6 Å². The lowest BCUT2D eigenvalue weighted by atomic mass is 10.1. The zero-order valence-corrected chi connectivity index (χ0v) is 15.7. The average Bonchev–Trinajstić information content (AvgIpc) is 2.28. The summed E-state index contributed by atoms with van der Waals surface area (Å²) in [4.78, 5) is 12.4. The van der Waals surface area contributed by atoms with Crippen molar-refractivity contribution < 1.29 is 4.79 Å². The van der Waals surface area contributed by atoms with Crippen LogP contribution in [0.3, 0.4) is 0 Å². The van der Waals surface area contributed by atoms with Gasteiger partial charge in [-0.15, -0.1) is 0 Å². The van der Waals surface area contributed by atoms with E-state index in [2.05, 4.69) is 73.6 Å². The zero-order chi connectivity index (χ0) is 13.7. The first-order valence-corrected chi connectivity index (χ1v) is 8.56. The molecule has 1 unspecified atom stereocenters. The molecule has 0 spiro atoms. The fourth-order valence-corrected chi connectivity index (χ4v) is 3.42. The molecule has 5 heteroatoms. The van der Waals surface area contributed by atoms with Crippen LogP contribution in [0.25, 0.3) is 0 Å². The largest absolute Gasteiger partial charge is 0.351 e. The first-order valence-electron chi connectivity index (χ1n) is 5.77. The number of hydrogen-bond donors (Lipinski definition) is 1. The second-order valence-corrected chi connectivity index (χ2v) is 7.93. The Bertz CT molecular complexity index is 423. The predicted octanol–water partition coefficient (Wildman–Crippen LogP) is 4.59. The minimum atomic E-state index is -0.0195. The quantitative estimate of drug-likeness (QED) is 0.476. The molecule has 2 nitrogen and oxygen atoms in total. The van der Waals surface area contributed by atoms with Crippen molar-refractivity contribution in [3.05, 3.63) is 31.8 Å². The Morgan fingerprint density at radius 2 is 2.11 bits per heavy atom. The average molecular weight is 489 g/mol. The van der Waals surface area contributed by atoms with Crippen LogP contribution in [0, 0.1) is 9.49 Å². The van der Waals surface area contributed by atoms with Crippen LogP contribution in [0.4, 0.5) is 0 Å². The molecule has 1 aromatic carbocycles. The summed E-state index contributed by atoms with van der Waals surface area (Å²) in [6.07, 6.45) is 1.05. The summed E-state index contributed by atoms with van der Waals surface area (Å²) < 4.78 is 1.88. The Balaban J connectivity index is 2.58. The van der Waals surface area contributed by atoms with E-state index in [0.717, 1.165) is 14.5 Å². The normalized spacial score (nSPS) is 12.6. The van der Waals surface area contributed by atoms with Gasteiger partial charge in [0.2, 0.25) is 0 Å². The summed E-state index contributed by atoms with van der Waals surface area (Å²) >= 11 is 9.15. The van der Waals surface area contributed by atoms with Gasteiger partial charge in [-0.3, -0.25) is 4.79 Å². The maximum absolute atomic E-state index is 12.1. The van der Waals surface area contributed by atoms with Crippen molar-refractivity contribution >= 4 is 60.4 Å². The van der Waals surface area contributed by atoms with E-state index in [9.17, 15) is 4.79 Å². The number of carbonyl (C=O) groups is 1. The number of carbonyl (C=O) groups excluding carboxylic acids is 1. The van der Waals surface area contributed by atoms with Gasteiger partial charge in [-0.25, -0.2) is 0 Å². The molecule has 0 fully saturated rings. The van der Waals surface area contributed by atoms with Crippen LogP contribution in [-0.4, -0.2) is 17.3 Å². The van der Waals surface area contributed by atoms with Crippen molar-refractivity contribution in [2.45, 2.75) is 25.1 Å². The van der Waals surface area contributed by atoms with E-state index in [0.29, 0.717) is 22.9 Å². The van der Waals surface area contributed by atoms with Crippen molar-refractivity contribution in [2.24, 2.45) is 5.92 Å². The van der Waals surface area contributed by atoms with Crippen LogP contribution in [0.15, 0.2) is 22.7 Å². The Kier molecular flexibility index (Phi) is 7.16. The van der Waals surface area contributed by atoms with Crippen LogP contribution < -0.4 is 5.32 Å². The molecule has 0 aromatic heterocycles. The van der Waals surface area contributed by atoms with Gasteiger partial charge in [0.25, 0.3) is 5.91 Å². The molecule has 1 N–H and O–H groups in total. The fourth-order valence-electron chi connectivity index (χ4n) is 1.57. The molecular formula is C13H16Br2INO. The Labute approximate surface area is 139 Å². The highest BCUT2D eigenvalue weighted by atomic mass is 127. The predicted molar refractivity (Wildman–Crippen MR) is 91.4 cm³/mol. The monoisotopic (exact) mass is 487 g/mol. The molecule has 1 aromatic rings. The molecule has 0 radical (unpaired) electrons. The lowest BCUT2D eigenvalue weighted by molar-refractivity contribution is 0.0952. The van der Waals surface area contributed by atoms with Gasteiger partial charge in [-0.2, -0.15) is 0 Å². The molecule has 0 aliphatic carbocycles. The molecule has 0 bridgehead atoms. The molecule has 1 rings (SSSR count). The van der Waals surface area contributed by atoms with Gasteiger partial charge in [0, 0.05) is 19.4 Å². The topological polar surface area (TPSA) is 29.1 Å². The van der Waals surface area contributed by atoms with E-state index < -0.39 is 0 Å². The molecule has 18 heavy (non-hydrogen) atoms. The first kappa shape index (κ1) is 16.4.